The maximum Gasteiger partial charge on any atom is 0.257 e. The highest BCUT2D eigenvalue weighted by Gasteiger charge is 2.33. The molecule has 9 nitrogen and oxygen atoms in total. The summed E-state index contributed by atoms with van der Waals surface area (Å²) in [5.41, 5.74) is 1.85. The van der Waals surface area contributed by atoms with E-state index in [2.05, 4.69) is 9.97 Å². The molecule has 1 amide bonds. The van der Waals surface area contributed by atoms with Gasteiger partial charge in [-0.3, -0.25) is 19.1 Å². The number of aromatic nitrogens is 4. The van der Waals surface area contributed by atoms with Gasteiger partial charge in [0.1, 0.15) is 6.10 Å². The lowest BCUT2D eigenvalue weighted by Gasteiger charge is -2.33. The van der Waals surface area contributed by atoms with Crippen LogP contribution in [0.3, 0.4) is 0 Å². The highest BCUT2D eigenvalue weighted by Crippen LogP contribution is 2.34. The van der Waals surface area contributed by atoms with Crippen molar-refractivity contribution in [3.8, 4) is 11.8 Å². The van der Waals surface area contributed by atoms with Crippen molar-refractivity contribution in [2.75, 3.05) is 26.0 Å². The predicted octanol–water partition coefficient (Wildman–Crippen LogP) is 1.64. The van der Waals surface area contributed by atoms with E-state index in [1.807, 2.05) is 4.90 Å². The number of aryl methyl sites for hydroxylation is 1. The number of hydrogen-bond acceptors (Lipinski definition) is 8. The van der Waals surface area contributed by atoms with Gasteiger partial charge in [-0.25, -0.2) is 4.98 Å². The molecule has 4 heterocycles. The molecule has 31 heavy (non-hydrogen) atoms. The Bertz CT molecular complexity index is 1060. The summed E-state index contributed by atoms with van der Waals surface area (Å²) in [6.45, 7) is 1.20. The quantitative estimate of drug-likeness (QED) is 0.643. The van der Waals surface area contributed by atoms with Crippen molar-refractivity contribution >= 4 is 17.7 Å². The van der Waals surface area contributed by atoms with Crippen LogP contribution in [-0.4, -0.2) is 62.4 Å². The number of carbonyl (C=O) groups is 1. The van der Waals surface area contributed by atoms with Crippen LogP contribution in [0.25, 0.3) is 0 Å². The molecule has 2 aromatic heterocycles. The van der Waals surface area contributed by atoms with E-state index in [1.54, 1.807) is 22.5 Å². The molecule has 0 N–H and O–H groups in total. The molecule has 1 fully saturated rings. The van der Waals surface area contributed by atoms with Gasteiger partial charge in [0.15, 0.2) is 5.16 Å². The zero-order valence-electron chi connectivity index (χ0n) is 17.5. The normalized spacial score (nSPS) is 22.2. The number of likely N-dealkylation sites (tertiary alicyclic amines) is 1. The van der Waals surface area contributed by atoms with Crippen LogP contribution in [0.2, 0.25) is 0 Å². The van der Waals surface area contributed by atoms with Crippen LogP contribution in [0.1, 0.15) is 43.0 Å². The Morgan fingerprint density at radius 2 is 2.10 bits per heavy atom. The fourth-order valence-electron chi connectivity index (χ4n) is 4.55. The zero-order valence-corrected chi connectivity index (χ0v) is 18.3. The molecule has 0 saturated carbocycles. The lowest BCUT2D eigenvalue weighted by atomic mass is 10.1. The van der Waals surface area contributed by atoms with Crippen molar-refractivity contribution in [2.45, 2.75) is 55.8 Å². The average molecular weight is 444 g/mol. The molecule has 0 bridgehead atoms. The van der Waals surface area contributed by atoms with E-state index in [1.165, 1.54) is 13.3 Å². The minimum atomic E-state index is -0.142. The summed E-state index contributed by atoms with van der Waals surface area (Å²) in [5.74, 6) is 1.55. The number of hydrogen-bond donors (Lipinski definition) is 0. The summed E-state index contributed by atoms with van der Waals surface area (Å²) in [6, 6.07) is -0.135. The van der Waals surface area contributed by atoms with Gasteiger partial charge in [0, 0.05) is 24.3 Å². The second-order valence-electron chi connectivity index (χ2n) is 8.14. The number of carbonyl (C=O) groups excluding carboxylic acids is 1. The Labute approximate surface area is 184 Å². The molecule has 2 unspecified atom stereocenters. The minimum absolute atomic E-state index is 0.0517. The van der Waals surface area contributed by atoms with Gasteiger partial charge in [-0.05, 0) is 32.1 Å². The van der Waals surface area contributed by atoms with Crippen LogP contribution >= 0.6 is 11.8 Å². The first-order valence-electron chi connectivity index (χ1n) is 10.7. The first-order valence-corrected chi connectivity index (χ1v) is 11.7. The summed E-state index contributed by atoms with van der Waals surface area (Å²) in [5, 5.41) is 0.764. The number of amides is 1. The van der Waals surface area contributed by atoms with Crippen molar-refractivity contribution in [2.24, 2.45) is 0 Å². The van der Waals surface area contributed by atoms with Crippen molar-refractivity contribution in [1.82, 2.24) is 24.4 Å². The zero-order chi connectivity index (χ0) is 21.4. The van der Waals surface area contributed by atoms with Crippen LogP contribution in [-0.2, 0) is 17.6 Å². The van der Waals surface area contributed by atoms with E-state index in [-0.39, 0.29) is 23.6 Å². The van der Waals surface area contributed by atoms with Gasteiger partial charge in [-0.15, -0.1) is 0 Å². The van der Waals surface area contributed by atoms with E-state index < -0.39 is 0 Å². The Morgan fingerprint density at radius 3 is 2.97 bits per heavy atom. The van der Waals surface area contributed by atoms with Crippen LogP contribution in [0.15, 0.2) is 22.3 Å². The Hall–Kier alpha value is -2.62. The summed E-state index contributed by atoms with van der Waals surface area (Å²) >= 11 is 1.58. The topological polar surface area (TPSA) is 99.4 Å². The lowest BCUT2D eigenvalue weighted by molar-refractivity contribution is -0.134. The van der Waals surface area contributed by atoms with Gasteiger partial charge < -0.3 is 14.4 Å². The highest BCUT2D eigenvalue weighted by atomic mass is 32.2. The SMILES string of the molecule is COc1cncc(OC2CCCN(C(=O)CC3CSc4nc5c(c(=O)n43)CCC5)C2)n1. The molecule has 1 aliphatic carbocycles. The molecule has 2 aliphatic heterocycles. The van der Waals surface area contributed by atoms with Gasteiger partial charge in [-0.1, -0.05) is 11.8 Å². The molecular weight excluding hydrogens is 418 g/mol. The van der Waals surface area contributed by atoms with E-state index in [4.69, 9.17) is 14.5 Å². The van der Waals surface area contributed by atoms with Gasteiger partial charge in [0.25, 0.3) is 5.56 Å². The maximum atomic E-state index is 13.1. The minimum Gasteiger partial charge on any atom is -0.480 e. The summed E-state index contributed by atoms with van der Waals surface area (Å²) in [4.78, 5) is 40.9. The first-order chi connectivity index (χ1) is 15.1. The fourth-order valence-corrected chi connectivity index (χ4v) is 5.71. The number of piperidine rings is 1. The molecule has 5 rings (SSSR count). The number of nitrogens with zero attached hydrogens (tertiary/aromatic N) is 5. The van der Waals surface area contributed by atoms with E-state index in [9.17, 15) is 9.59 Å². The molecule has 2 aromatic rings. The van der Waals surface area contributed by atoms with Gasteiger partial charge in [0.2, 0.25) is 17.7 Å². The predicted molar refractivity (Wildman–Crippen MR) is 114 cm³/mol. The molecular formula is C21H25N5O4S. The van der Waals surface area contributed by atoms with Crippen molar-refractivity contribution in [3.05, 3.63) is 34.0 Å². The third-order valence-corrected chi connectivity index (χ3v) is 7.20. The van der Waals surface area contributed by atoms with Crippen LogP contribution in [0, 0.1) is 0 Å². The van der Waals surface area contributed by atoms with E-state index in [0.717, 1.165) is 48.5 Å². The van der Waals surface area contributed by atoms with E-state index in [0.29, 0.717) is 37.0 Å². The van der Waals surface area contributed by atoms with Crippen LogP contribution in [0.4, 0.5) is 0 Å². The molecule has 0 aromatic carbocycles. The third kappa shape index (κ3) is 4.00. The Balaban J connectivity index is 1.25. The summed E-state index contributed by atoms with van der Waals surface area (Å²) < 4.78 is 12.8. The fraction of sp³-hybridized carbons (Fsp3) is 0.571. The van der Waals surface area contributed by atoms with Crippen molar-refractivity contribution in [1.29, 1.82) is 0 Å². The molecule has 0 spiro atoms. The van der Waals surface area contributed by atoms with Gasteiger partial charge in [-0.2, -0.15) is 4.98 Å². The van der Waals surface area contributed by atoms with Crippen LogP contribution < -0.4 is 15.0 Å². The van der Waals surface area contributed by atoms with Crippen molar-refractivity contribution < 1.29 is 14.3 Å². The second kappa shape index (κ2) is 8.49. The number of methoxy groups -OCH3 is 1. The number of ether oxygens (including phenoxy) is 2. The number of thioether (sulfide) groups is 1. The second-order valence-corrected chi connectivity index (χ2v) is 9.13. The average Bonchev–Trinajstić information content (AvgIpc) is 3.42. The first kappa shape index (κ1) is 20.3. The van der Waals surface area contributed by atoms with Gasteiger partial charge >= 0.3 is 0 Å². The molecule has 10 heteroatoms. The standard InChI is InChI=1S/C21H25N5O4S/c1-29-17-9-22-10-18(24-17)30-14-4-3-7-25(11-14)19(27)8-13-12-31-21-23-16-6-2-5-15(16)20(28)26(13)21/h9-10,13-14H,2-8,11-12H2,1H3. The van der Waals surface area contributed by atoms with E-state index >= 15 is 0 Å². The van der Waals surface area contributed by atoms with Gasteiger partial charge in [0.05, 0.1) is 37.8 Å². The largest absolute Gasteiger partial charge is 0.480 e. The molecule has 1 saturated heterocycles. The molecule has 0 radical (unpaired) electrons. The summed E-state index contributed by atoms with van der Waals surface area (Å²) in [7, 11) is 1.53. The molecule has 164 valence electrons. The number of rotatable bonds is 5. The van der Waals surface area contributed by atoms with Crippen molar-refractivity contribution in [3.63, 3.8) is 0 Å². The Morgan fingerprint density at radius 1 is 1.23 bits per heavy atom. The molecule has 3 aliphatic rings. The smallest absolute Gasteiger partial charge is 0.257 e. The summed E-state index contributed by atoms with van der Waals surface area (Å²) in [6.07, 6.45) is 7.62. The maximum absolute atomic E-state index is 13.1. The van der Waals surface area contributed by atoms with Crippen LogP contribution in [0.5, 0.6) is 11.8 Å². The third-order valence-electron chi connectivity index (χ3n) is 6.10. The molecule has 2 atom stereocenters. The lowest BCUT2D eigenvalue weighted by Crippen LogP contribution is -2.45. The number of fused-ring (bicyclic) bond motifs is 2. The monoisotopic (exact) mass is 443 g/mol. The Kier molecular flexibility index (Phi) is 5.56. The highest BCUT2D eigenvalue weighted by molar-refractivity contribution is 7.99.